The molecule has 0 atom stereocenters. The summed E-state index contributed by atoms with van der Waals surface area (Å²) >= 11 is 1.43. The lowest BCUT2D eigenvalue weighted by molar-refractivity contribution is -0.129. The molecular weight excluding hydrogens is 380 g/mol. The van der Waals surface area contributed by atoms with Crippen molar-refractivity contribution in [1.82, 2.24) is 19.7 Å². The fraction of sp³-hybridized carbons (Fsp3) is 0.348. The molecule has 3 aromatic rings. The van der Waals surface area contributed by atoms with Crippen molar-refractivity contribution in [3.05, 3.63) is 71.0 Å². The van der Waals surface area contributed by atoms with Crippen LogP contribution in [0.5, 0.6) is 0 Å². The fourth-order valence-electron chi connectivity index (χ4n) is 3.26. The maximum absolute atomic E-state index is 12.9. The predicted molar refractivity (Wildman–Crippen MR) is 118 cm³/mol. The highest BCUT2D eigenvalue weighted by Crippen LogP contribution is 2.23. The summed E-state index contributed by atoms with van der Waals surface area (Å²) in [6.07, 6.45) is 2.64. The number of aromatic nitrogens is 3. The van der Waals surface area contributed by atoms with Gasteiger partial charge < -0.3 is 4.90 Å². The summed E-state index contributed by atoms with van der Waals surface area (Å²) < 4.78 is 1.96. The Morgan fingerprint density at radius 3 is 2.48 bits per heavy atom. The number of rotatable bonds is 8. The SMILES string of the molecule is CCCN(Cc1ccc(C)cc1)C(=O)CSc1nncn1-c1ccc(C)cc1C. The molecule has 0 aliphatic heterocycles. The molecule has 1 heterocycles. The summed E-state index contributed by atoms with van der Waals surface area (Å²) in [4.78, 5) is 14.8. The molecule has 0 N–H and O–H groups in total. The minimum absolute atomic E-state index is 0.118. The second kappa shape index (κ2) is 9.74. The number of hydrogen-bond acceptors (Lipinski definition) is 4. The number of amides is 1. The summed E-state index contributed by atoms with van der Waals surface area (Å²) in [7, 11) is 0. The van der Waals surface area contributed by atoms with Gasteiger partial charge in [0.2, 0.25) is 5.91 Å². The van der Waals surface area contributed by atoms with Crippen LogP contribution in [-0.4, -0.2) is 37.9 Å². The molecule has 0 unspecified atom stereocenters. The Bertz CT molecular complexity index is 965. The van der Waals surface area contributed by atoms with Crippen LogP contribution in [0.2, 0.25) is 0 Å². The Labute approximate surface area is 177 Å². The Morgan fingerprint density at radius 2 is 1.79 bits per heavy atom. The minimum Gasteiger partial charge on any atom is -0.338 e. The second-order valence-corrected chi connectivity index (χ2v) is 8.31. The highest BCUT2D eigenvalue weighted by atomic mass is 32.2. The first-order valence-corrected chi connectivity index (χ1v) is 10.9. The molecule has 0 spiro atoms. The molecule has 0 saturated heterocycles. The van der Waals surface area contributed by atoms with E-state index in [4.69, 9.17) is 0 Å². The molecule has 6 heteroatoms. The van der Waals surface area contributed by atoms with Crippen LogP contribution < -0.4 is 0 Å². The molecule has 0 aliphatic carbocycles. The lowest BCUT2D eigenvalue weighted by Gasteiger charge is -2.22. The summed E-state index contributed by atoms with van der Waals surface area (Å²) in [5.74, 6) is 0.461. The molecule has 152 valence electrons. The van der Waals surface area contributed by atoms with Gasteiger partial charge in [0.1, 0.15) is 6.33 Å². The van der Waals surface area contributed by atoms with E-state index in [2.05, 4.69) is 80.4 Å². The van der Waals surface area contributed by atoms with Crippen molar-refractivity contribution >= 4 is 17.7 Å². The number of hydrogen-bond donors (Lipinski definition) is 0. The second-order valence-electron chi connectivity index (χ2n) is 7.36. The molecule has 0 radical (unpaired) electrons. The van der Waals surface area contributed by atoms with Crippen molar-refractivity contribution in [2.45, 2.75) is 45.8 Å². The van der Waals surface area contributed by atoms with E-state index in [1.807, 2.05) is 9.47 Å². The van der Waals surface area contributed by atoms with E-state index in [0.29, 0.717) is 12.3 Å². The van der Waals surface area contributed by atoms with Crippen LogP contribution in [0.4, 0.5) is 0 Å². The van der Waals surface area contributed by atoms with Gasteiger partial charge >= 0.3 is 0 Å². The van der Waals surface area contributed by atoms with Gasteiger partial charge in [-0.1, -0.05) is 66.2 Å². The van der Waals surface area contributed by atoms with E-state index >= 15 is 0 Å². The highest BCUT2D eigenvalue weighted by Gasteiger charge is 2.16. The third-order valence-electron chi connectivity index (χ3n) is 4.79. The van der Waals surface area contributed by atoms with Crippen molar-refractivity contribution in [1.29, 1.82) is 0 Å². The monoisotopic (exact) mass is 408 g/mol. The molecule has 0 bridgehead atoms. The van der Waals surface area contributed by atoms with Crippen LogP contribution in [-0.2, 0) is 11.3 Å². The number of benzene rings is 2. The summed E-state index contributed by atoms with van der Waals surface area (Å²) in [5, 5.41) is 9.03. The van der Waals surface area contributed by atoms with Crippen LogP contribution in [0.25, 0.3) is 5.69 Å². The van der Waals surface area contributed by atoms with Gasteiger partial charge in [0.15, 0.2) is 5.16 Å². The van der Waals surface area contributed by atoms with Gasteiger partial charge in [0.05, 0.1) is 11.4 Å². The highest BCUT2D eigenvalue weighted by molar-refractivity contribution is 7.99. The first-order valence-electron chi connectivity index (χ1n) is 9.91. The van der Waals surface area contributed by atoms with Crippen LogP contribution in [0, 0.1) is 20.8 Å². The van der Waals surface area contributed by atoms with Crippen molar-refractivity contribution in [2.24, 2.45) is 0 Å². The van der Waals surface area contributed by atoms with Gasteiger partial charge in [-0.3, -0.25) is 9.36 Å². The Balaban J connectivity index is 1.69. The standard InChI is InChI=1S/C23H28N4OS/c1-5-12-26(14-20-9-6-17(2)7-10-20)22(28)15-29-23-25-24-16-27(23)21-11-8-18(3)13-19(21)4/h6-11,13,16H,5,12,14-15H2,1-4H3. The third kappa shape index (κ3) is 5.48. The Morgan fingerprint density at radius 1 is 1.07 bits per heavy atom. The Hall–Kier alpha value is -2.60. The van der Waals surface area contributed by atoms with Crippen molar-refractivity contribution in [3.63, 3.8) is 0 Å². The van der Waals surface area contributed by atoms with E-state index in [1.165, 1.54) is 22.9 Å². The average molecular weight is 409 g/mol. The zero-order valence-electron chi connectivity index (χ0n) is 17.6. The van der Waals surface area contributed by atoms with E-state index in [-0.39, 0.29) is 5.91 Å². The first kappa shape index (κ1) is 21.1. The van der Waals surface area contributed by atoms with Gasteiger partial charge in [0, 0.05) is 13.1 Å². The minimum atomic E-state index is 0.118. The molecule has 5 nitrogen and oxygen atoms in total. The number of carbonyl (C=O) groups is 1. The van der Waals surface area contributed by atoms with Crippen molar-refractivity contribution in [3.8, 4) is 5.69 Å². The van der Waals surface area contributed by atoms with Crippen molar-refractivity contribution < 1.29 is 4.79 Å². The third-order valence-corrected chi connectivity index (χ3v) is 5.72. The van der Waals surface area contributed by atoms with E-state index in [9.17, 15) is 4.79 Å². The quantitative estimate of drug-likeness (QED) is 0.506. The molecule has 0 aliphatic rings. The number of carbonyl (C=O) groups excluding carboxylic acids is 1. The largest absolute Gasteiger partial charge is 0.338 e. The molecule has 1 amide bonds. The topological polar surface area (TPSA) is 51.0 Å². The molecule has 0 saturated carbocycles. The van der Waals surface area contributed by atoms with Crippen molar-refractivity contribution in [2.75, 3.05) is 12.3 Å². The van der Waals surface area contributed by atoms with E-state index in [0.717, 1.165) is 34.9 Å². The average Bonchev–Trinajstić information content (AvgIpc) is 3.15. The number of nitrogens with zero attached hydrogens (tertiary/aromatic N) is 4. The normalized spacial score (nSPS) is 10.9. The number of thioether (sulfide) groups is 1. The molecule has 1 aromatic heterocycles. The molecule has 2 aromatic carbocycles. The smallest absolute Gasteiger partial charge is 0.233 e. The summed E-state index contributed by atoms with van der Waals surface area (Å²) in [5.41, 5.74) is 5.80. The molecule has 0 fully saturated rings. The maximum Gasteiger partial charge on any atom is 0.233 e. The first-order chi connectivity index (χ1) is 14.0. The van der Waals surface area contributed by atoms with Gasteiger partial charge in [-0.05, 0) is 44.4 Å². The van der Waals surface area contributed by atoms with Crippen LogP contribution in [0.15, 0.2) is 53.9 Å². The van der Waals surface area contributed by atoms with Gasteiger partial charge in [-0.25, -0.2) is 0 Å². The van der Waals surface area contributed by atoms with Crippen LogP contribution >= 0.6 is 11.8 Å². The molecule has 3 rings (SSSR count). The maximum atomic E-state index is 12.9. The zero-order valence-corrected chi connectivity index (χ0v) is 18.4. The number of aryl methyl sites for hydroxylation is 3. The van der Waals surface area contributed by atoms with E-state index in [1.54, 1.807) is 6.33 Å². The lowest BCUT2D eigenvalue weighted by Crippen LogP contribution is -2.32. The predicted octanol–water partition coefficient (Wildman–Crippen LogP) is 4.72. The van der Waals surface area contributed by atoms with Gasteiger partial charge in [-0.2, -0.15) is 0 Å². The Kier molecular flexibility index (Phi) is 7.09. The molecular formula is C23H28N4OS. The van der Waals surface area contributed by atoms with Gasteiger partial charge in [-0.15, -0.1) is 10.2 Å². The van der Waals surface area contributed by atoms with E-state index < -0.39 is 0 Å². The fourth-order valence-corrected chi connectivity index (χ4v) is 4.08. The van der Waals surface area contributed by atoms with Gasteiger partial charge in [0.25, 0.3) is 0 Å². The summed E-state index contributed by atoms with van der Waals surface area (Å²) in [6, 6.07) is 14.6. The van der Waals surface area contributed by atoms with Crippen LogP contribution in [0.1, 0.15) is 35.6 Å². The molecule has 29 heavy (non-hydrogen) atoms. The lowest BCUT2D eigenvalue weighted by atomic mass is 10.1. The van der Waals surface area contributed by atoms with Crippen LogP contribution in [0.3, 0.4) is 0 Å². The summed E-state index contributed by atoms with van der Waals surface area (Å²) in [6.45, 7) is 9.70. The zero-order chi connectivity index (χ0) is 20.8.